The highest BCUT2D eigenvalue weighted by atomic mass is 33.1. The van der Waals surface area contributed by atoms with Crippen LogP contribution >= 0.6 is 21.6 Å². The van der Waals surface area contributed by atoms with Crippen molar-refractivity contribution in [3.8, 4) is 0 Å². The summed E-state index contributed by atoms with van der Waals surface area (Å²) in [6.45, 7) is 0. The van der Waals surface area contributed by atoms with Crippen LogP contribution < -0.4 is 22.9 Å². The van der Waals surface area contributed by atoms with Crippen LogP contribution in [0.2, 0.25) is 0 Å². The summed E-state index contributed by atoms with van der Waals surface area (Å²) < 4.78 is 0. The highest BCUT2D eigenvalue weighted by molar-refractivity contribution is 8.76. The molecule has 0 saturated heterocycles. The zero-order valence-electron chi connectivity index (χ0n) is 10.3. The fourth-order valence-corrected chi connectivity index (χ4v) is 3.15. The number of nitrogens with two attached hydrogens (primary N) is 4. The van der Waals surface area contributed by atoms with Crippen LogP contribution in [0.5, 0.6) is 0 Å². The van der Waals surface area contributed by atoms with E-state index in [0.717, 1.165) is 21.6 Å². The van der Waals surface area contributed by atoms with E-state index in [-0.39, 0.29) is 23.4 Å². The molecule has 0 aromatic heterocycles. The Kier molecular flexibility index (Phi) is 8.31. The Balaban J connectivity index is 4.28. The van der Waals surface area contributed by atoms with Gasteiger partial charge in [-0.1, -0.05) is 21.6 Å². The van der Waals surface area contributed by atoms with Gasteiger partial charge in [0, 0.05) is 11.5 Å². The number of aliphatic carboxylic acids is 2. The van der Waals surface area contributed by atoms with Crippen LogP contribution in [0.25, 0.3) is 0 Å². The first-order chi connectivity index (χ1) is 9.23. The van der Waals surface area contributed by atoms with Gasteiger partial charge in [0.15, 0.2) is 24.0 Å². The molecule has 0 aromatic carbocycles. The van der Waals surface area contributed by atoms with E-state index in [1.165, 1.54) is 0 Å². The number of hydrogen-bond donors (Lipinski definition) is 6. The van der Waals surface area contributed by atoms with E-state index in [9.17, 15) is 9.59 Å². The third kappa shape index (κ3) is 8.31. The molecule has 0 bridgehead atoms. The Morgan fingerprint density at radius 1 is 0.850 bits per heavy atom. The molecule has 0 unspecified atom stereocenters. The lowest BCUT2D eigenvalue weighted by Gasteiger charge is -2.09. The van der Waals surface area contributed by atoms with E-state index in [1.807, 2.05) is 0 Å². The number of carboxylic acids is 2. The summed E-state index contributed by atoms with van der Waals surface area (Å²) in [5, 5.41) is 17.7. The number of carboxylic acid groups (broad SMARTS) is 2. The van der Waals surface area contributed by atoms with Gasteiger partial charge in [-0.05, 0) is 0 Å². The van der Waals surface area contributed by atoms with E-state index < -0.39 is 24.0 Å². The Hall–Kier alpha value is -1.82. The molecule has 10 N–H and O–H groups in total. The quantitative estimate of drug-likeness (QED) is 0.117. The zero-order valence-corrected chi connectivity index (χ0v) is 11.9. The molecule has 0 amide bonds. The second-order valence-electron chi connectivity index (χ2n) is 3.39. The summed E-state index contributed by atoms with van der Waals surface area (Å²) in [7, 11) is 2.22. The van der Waals surface area contributed by atoms with Gasteiger partial charge >= 0.3 is 11.9 Å². The molecule has 0 aliphatic carbocycles. The molecule has 0 aromatic rings. The molecule has 0 saturated carbocycles. The SMILES string of the molecule is NC(N)=N[C@@H](CSSC[C@H](N=C(N)N)C(=O)O)C(=O)O. The van der Waals surface area contributed by atoms with E-state index in [1.54, 1.807) is 0 Å². The van der Waals surface area contributed by atoms with E-state index in [2.05, 4.69) is 9.98 Å². The highest BCUT2D eigenvalue weighted by Gasteiger charge is 2.19. The number of aliphatic imine (C=N–C) groups is 2. The fraction of sp³-hybridized carbons (Fsp3) is 0.500. The molecular formula is C8H16N6O4S2. The lowest BCUT2D eigenvalue weighted by molar-refractivity contribution is -0.138. The van der Waals surface area contributed by atoms with Crippen LogP contribution in [-0.4, -0.2) is 57.7 Å². The number of guanidine groups is 2. The van der Waals surface area contributed by atoms with Crippen molar-refractivity contribution in [1.29, 1.82) is 0 Å². The normalized spacial score (nSPS) is 13.0. The summed E-state index contributed by atoms with van der Waals surface area (Å²) in [4.78, 5) is 28.7. The molecule has 0 heterocycles. The smallest absolute Gasteiger partial charge is 0.329 e. The van der Waals surface area contributed by atoms with Gasteiger partial charge in [-0.25, -0.2) is 19.6 Å². The number of hydrogen-bond acceptors (Lipinski definition) is 6. The van der Waals surface area contributed by atoms with Crippen molar-refractivity contribution in [1.82, 2.24) is 0 Å². The monoisotopic (exact) mass is 324 g/mol. The van der Waals surface area contributed by atoms with Crippen molar-refractivity contribution in [2.24, 2.45) is 32.9 Å². The number of carbonyl (C=O) groups is 2. The molecule has 114 valence electrons. The van der Waals surface area contributed by atoms with Crippen LogP contribution in [-0.2, 0) is 9.59 Å². The van der Waals surface area contributed by atoms with Crippen LogP contribution in [0, 0.1) is 0 Å². The second kappa shape index (κ2) is 9.14. The maximum absolute atomic E-state index is 10.8. The summed E-state index contributed by atoms with van der Waals surface area (Å²) in [6.07, 6.45) is 0. The highest BCUT2D eigenvalue weighted by Crippen LogP contribution is 2.24. The molecule has 0 spiro atoms. The molecule has 10 nitrogen and oxygen atoms in total. The molecule has 0 fully saturated rings. The van der Waals surface area contributed by atoms with Gasteiger partial charge < -0.3 is 33.1 Å². The van der Waals surface area contributed by atoms with Gasteiger partial charge in [-0.2, -0.15) is 0 Å². The average molecular weight is 324 g/mol. The minimum Gasteiger partial charge on any atom is -0.480 e. The van der Waals surface area contributed by atoms with Gasteiger partial charge in [0.1, 0.15) is 0 Å². The summed E-state index contributed by atoms with van der Waals surface area (Å²) in [5.41, 5.74) is 20.4. The minimum absolute atomic E-state index is 0.0755. The Labute approximate surface area is 122 Å². The van der Waals surface area contributed by atoms with Gasteiger partial charge in [0.2, 0.25) is 0 Å². The van der Waals surface area contributed by atoms with Gasteiger partial charge in [0.25, 0.3) is 0 Å². The van der Waals surface area contributed by atoms with Crippen molar-refractivity contribution in [2.45, 2.75) is 12.1 Å². The fourth-order valence-electron chi connectivity index (χ4n) is 0.913. The third-order valence-corrected chi connectivity index (χ3v) is 4.10. The molecule has 2 atom stereocenters. The molecule has 0 rings (SSSR count). The Morgan fingerprint density at radius 3 is 1.35 bits per heavy atom. The van der Waals surface area contributed by atoms with Gasteiger partial charge in [0.05, 0.1) is 0 Å². The van der Waals surface area contributed by atoms with Crippen LogP contribution in [0.4, 0.5) is 0 Å². The molecular weight excluding hydrogens is 308 g/mol. The zero-order chi connectivity index (χ0) is 15.7. The topological polar surface area (TPSA) is 203 Å². The van der Waals surface area contributed by atoms with Crippen LogP contribution in [0.1, 0.15) is 0 Å². The van der Waals surface area contributed by atoms with Crippen LogP contribution in [0.3, 0.4) is 0 Å². The van der Waals surface area contributed by atoms with Crippen molar-refractivity contribution in [2.75, 3.05) is 11.5 Å². The van der Waals surface area contributed by atoms with E-state index in [0.29, 0.717) is 0 Å². The van der Waals surface area contributed by atoms with Crippen molar-refractivity contribution >= 4 is 45.4 Å². The molecule has 0 aliphatic heterocycles. The van der Waals surface area contributed by atoms with Crippen molar-refractivity contribution < 1.29 is 19.8 Å². The largest absolute Gasteiger partial charge is 0.480 e. The predicted molar refractivity (Wildman–Crippen MR) is 79.4 cm³/mol. The maximum atomic E-state index is 10.8. The predicted octanol–water partition coefficient (Wildman–Crippen LogP) is -2.18. The summed E-state index contributed by atoms with van der Waals surface area (Å²) in [6, 6.07) is -2.19. The second-order valence-corrected chi connectivity index (χ2v) is 5.94. The standard InChI is InChI=1S/C8H16N6O4S2/c9-7(10)13-3(5(15)16)1-19-20-2-4(6(17)18)14-8(11)12/h3-4H,1-2H2,(H,15,16)(H,17,18)(H4,9,10,13)(H4,11,12,14)/t3-,4-/m0/s1. The van der Waals surface area contributed by atoms with E-state index >= 15 is 0 Å². The first-order valence-electron chi connectivity index (χ1n) is 5.11. The number of nitrogens with zero attached hydrogens (tertiary/aromatic N) is 2. The van der Waals surface area contributed by atoms with Crippen molar-refractivity contribution in [3.05, 3.63) is 0 Å². The van der Waals surface area contributed by atoms with Crippen molar-refractivity contribution in [3.63, 3.8) is 0 Å². The van der Waals surface area contributed by atoms with Crippen LogP contribution in [0.15, 0.2) is 9.98 Å². The molecule has 20 heavy (non-hydrogen) atoms. The third-order valence-electron chi connectivity index (χ3n) is 1.72. The Bertz CT molecular complexity index is 370. The first-order valence-corrected chi connectivity index (χ1v) is 7.60. The minimum atomic E-state index is -1.18. The lowest BCUT2D eigenvalue weighted by atomic mass is 10.4. The molecule has 0 radical (unpaired) electrons. The molecule has 12 heteroatoms. The van der Waals surface area contributed by atoms with Gasteiger partial charge in [-0.3, -0.25) is 0 Å². The van der Waals surface area contributed by atoms with Gasteiger partial charge in [-0.15, -0.1) is 0 Å². The van der Waals surface area contributed by atoms with E-state index in [4.69, 9.17) is 33.1 Å². The lowest BCUT2D eigenvalue weighted by Crippen LogP contribution is -2.30. The summed E-state index contributed by atoms with van der Waals surface area (Å²) >= 11 is 0. The summed E-state index contributed by atoms with van der Waals surface area (Å²) in [5.74, 6) is -2.85. The maximum Gasteiger partial charge on any atom is 0.329 e. The average Bonchev–Trinajstić information content (AvgIpc) is 2.29. The Morgan fingerprint density at radius 2 is 1.15 bits per heavy atom. The molecule has 0 aliphatic rings. The first kappa shape index (κ1) is 18.2. The number of rotatable bonds is 9.